The molecule has 0 radical (unpaired) electrons. The van der Waals surface area contributed by atoms with Crippen molar-refractivity contribution in [1.82, 2.24) is 0 Å². The summed E-state index contributed by atoms with van der Waals surface area (Å²) in [6.45, 7) is 18.2. The van der Waals surface area contributed by atoms with Crippen molar-refractivity contribution in [3.63, 3.8) is 0 Å². The lowest BCUT2D eigenvalue weighted by atomic mass is 9.37. The van der Waals surface area contributed by atoms with Crippen LogP contribution in [0.4, 0.5) is 0 Å². The number of benzene rings is 1. The topological polar surface area (TPSA) is 141 Å². The van der Waals surface area contributed by atoms with Gasteiger partial charge in [-0.15, -0.1) is 0 Å². The van der Waals surface area contributed by atoms with Gasteiger partial charge in [-0.2, -0.15) is 0 Å². The summed E-state index contributed by atoms with van der Waals surface area (Å²) in [5.41, 5.74) is -1.20. The molecular formula is C47H64O11. The van der Waals surface area contributed by atoms with E-state index in [-0.39, 0.29) is 74.9 Å². The highest BCUT2D eigenvalue weighted by Crippen LogP contribution is 2.91. The minimum absolute atomic E-state index is 0.0726. The van der Waals surface area contributed by atoms with Gasteiger partial charge in [0.2, 0.25) is 6.29 Å². The molecule has 1 aromatic carbocycles. The van der Waals surface area contributed by atoms with Crippen LogP contribution in [0.25, 0.3) is 6.08 Å². The van der Waals surface area contributed by atoms with Crippen molar-refractivity contribution >= 4 is 35.9 Å². The first kappa shape index (κ1) is 42.4. The van der Waals surface area contributed by atoms with Gasteiger partial charge in [-0.1, -0.05) is 58.0 Å². The smallest absolute Gasteiger partial charge is 0.331 e. The van der Waals surface area contributed by atoms with E-state index in [2.05, 4.69) is 27.7 Å². The van der Waals surface area contributed by atoms with Crippen molar-refractivity contribution in [2.45, 2.75) is 163 Å². The molecule has 0 bridgehead atoms. The van der Waals surface area contributed by atoms with E-state index in [0.717, 1.165) is 50.5 Å². The standard InChI is InChI=1S/C47H64O11/c1-27(48)53-38-25-36-42(5,6)37(57-39(52)17-16-31-14-12-11-13-15-31)20-21-44(36,9)35-19-22-46-26-47(46,45(35,38)10)23-18-33(46)32-24-34(56-41(32)55-29(3)50)40(54-28(2)49)43(7,8)58-30(4)51/h11-17,32-38,40-41H,18-26H2,1-10H3. The summed E-state index contributed by atoms with van der Waals surface area (Å²) < 4.78 is 36.7. The minimum atomic E-state index is -1.20. The Bertz CT molecular complexity index is 1840. The molecular weight excluding hydrogens is 741 g/mol. The lowest BCUT2D eigenvalue weighted by molar-refractivity contribution is -0.251. The highest BCUT2D eigenvalue weighted by Gasteiger charge is 2.86. The van der Waals surface area contributed by atoms with Gasteiger partial charge in [-0.05, 0) is 117 Å². The molecule has 11 nitrogen and oxygen atoms in total. The molecule has 58 heavy (non-hydrogen) atoms. The fourth-order valence-electron chi connectivity index (χ4n) is 14.5. The van der Waals surface area contributed by atoms with E-state index >= 15 is 0 Å². The Morgan fingerprint density at radius 1 is 0.776 bits per heavy atom. The van der Waals surface area contributed by atoms with Gasteiger partial charge in [-0.3, -0.25) is 19.2 Å². The normalized spacial score (nSPS) is 40.2. The van der Waals surface area contributed by atoms with Crippen molar-refractivity contribution in [2.75, 3.05) is 0 Å². The highest BCUT2D eigenvalue weighted by atomic mass is 16.7. The maximum atomic E-state index is 13.2. The fraction of sp³-hybridized carbons (Fsp3) is 0.723. The van der Waals surface area contributed by atoms with Crippen LogP contribution in [0.3, 0.4) is 0 Å². The maximum Gasteiger partial charge on any atom is 0.331 e. The van der Waals surface area contributed by atoms with Crippen LogP contribution in [0.15, 0.2) is 36.4 Å². The molecule has 11 heteroatoms. The Labute approximate surface area is 343 Å². The molecule has 0 amide bonds. The van der Waals surface area contributed by atoms with Crippen LogP contribution in [0.2, 0.25) is 0 Å². The second-order valence-corrected chi connectivity index (χ2v) is 20.1. The Morgan fingerprint density at radius 3 is 2.10 bits per heavy atom. The average Bonchev–Trinajstić information content (AvgIpc) is 3.47. The monoisotopic (exact) mass is 804 g/mol. The molecule has 5 saturated carbocycles. The molecule has 6 aliphatic rings. The van der Waals surface area contributed by atoms with Crippen molar-refractivity contribution in [3.8, 4) is 0 Å². The number of fused-ring (bicyclic) bond motifs is 3. The molecule has 1 saturated heterocycles. The molecule has 7 rings (SSSR count). The maximum absolute atomic E-state index is 13.2. The number of hydrogen-bond donors (Lipinski definition) is 0. The zero-order valence-corrected chi connectivity index (χ0v) is 36.1. The molecule has 0 spiro atoms. The SMILES string of the molecule is CC(=O)OC1OC(C(OC(C)=O)C(C)(C)OC(C)=O)CC1C1CCC23CC12CCC1C2(C)CCC(OC(=O)C=Cc4ccccc4)C(C)(C)C2CC(OC(C)=O)C13C. The minimum Gasteiger partial charge on any atom is -0.462 e. The van der Waals surface area contributed by atoms with Gasteiger partial charge in [-0.25, -0.2) is 4.79 Å². The first-order valence-electron chi connectivity index (χ1n) is 21.4. The van der Waals surface area contributed by atoms with E-state index in [9.17, 15) is 24.0 Å². The Kier molecular flexibility index (Phi) is 10.8. The number of ether oxygens (including phenoxy) is 6. The molecule has 1 aromatic rings. The second kappa shape index (κ2) is 14.8. The zero-order chi connectivity index (χ0) is 42.2. The van der Waals surface area contributed by atoms with Crippen molar-refractivity contribution in [1.29, 1.82) is 0 Å². The number of carbonyl (C=O) groups excluding carboxylic acids is 5. The molecule has 6 fully saturated rings. The quantitative estimate of drug-likeness (QED) is 0.129. The van der Waals surface area contributed by atoms with E-state index in [0.29, 0.717) is 12.8 Å². The van der Waals surface area contributed by atoms with E-state index in [1.54, 1.807) is 19.9 Å². The second-order valence-electron chi connectivity index (χ2n) is 20.1. The first-order chi connectivity index (χ1) is 27.1. The summed E-state index contributed by atoms with van der Waals surface area (Å²) in [5, 5.41) is 0. The molecule has 13 unspecified atom stereocenters. The van der Waals surface area contributed by atoms with E-state index in [1.807, 2.05) is 30.3 Å². The summed E-state index contributed by atoms with van der Waals surface area (Å²) in [6.07, 6.45) is 7.88. The third kappa shape index (κ3) is 6.79. The van der Waals surface area contributed by atoms with Gasteiger partial charge < -0.3 is 28.4 Å². The van der Waals surface area contributed by atoms with Gasteiger partial charge >= 0.3 is 29.8 Å². The lowest BCUT2D eigenvalue weighted by Gasteiger charge is -2.68. The van der Waals surface area contributed by atoms with Gasteiger partial charge in [0.05, 0.1) is 0 Å². The summed E-state index contributed by atoms with van der Waals surface area (Å²) in [6, 6.07) is 9.71. The fourth-order valence-corrected chi connectivity index (χ4v) is 14.5. The Hall–Kier alpha value is -3.73. The Morgan fingerprint density at radius 2 is 1.47 bits per heavy atom. The van der Waals surface area contributed by atoms with Crippen LogP contribution in [-0.4, -0.2) is 66.2 Å². The number of hydrogen-bond acceptors (Lipinski definition) is 11. The lowest BCUT2D eigenvalue weighted by Crippen LogP contribution is -2.67. The predicted octanol–water partition coefficient (Wildman–Crippen LogP) is 8.16. The molecule has 0 N–H and O–H groups in total. The highest BCUT2D eigenvalue weighted by molar-refractivity contribution is 5.87. The van der Waals surface area contributed by atoms with Gasteiger partial charge in [0.25, 0.3) is 0 Å². The molecule has 13 atom stereocenters. The van der Waals surface area contributed by atoms with Crippen LogP contribution in [0.5, 0.6) is 0 Å². The van der Waals surface area contributed by atoms with E-state index in [1.165, 1.54) is 33.8 Å². The van der Waals surface area contributed by atoms with E-state index < -0.39 is 42.0 Å². The summed E-state index contributed by atoms with van der Waals surface area (Å²) in [5.74, 6) is -1.74. The summed E-state index contributed by atoms with van der Waals surface area (Å²) in [7, 11) is 0. The predicted molar refractivity (Wildman–Crippen MR) is 213 cm³/mol. The largest absolute Gasteiger partial charge is 0.462 e. The van der Waals surface area contributed by atoms with Gasteiger partial charge in [0.1, 0.15) is 23.9 Å². The van der Waals surface area contributed by atoms with Crippen LogP contribution in [-0.2, 0) is 52.4 Å². The Balaban J connectivity index is 1.17. The van der Waals surface area contributed by atoms with Crippen molar-refractivity contribution in [2.24, 2.45) is 50.7 Å². The van der Waals surface area contributed by atoms with Crippen LogP contribution >= 0.6 is 0 Å². The van der Waals surface area contributed by atoms with Gasteiger partial charge in [0, 0.05) is 50.5 Å². The number of esters is 5. The van der Waals surface area contributed by atoms with Crippen molar-refractivity contribution in [3.05, 3.63) is 42.0 Å². The van der Waals surface area contributed by atoms with E-state index in [4.69, 9.17) is 28.4 Å². The van der Waals surface area contributed by atoms with Crippen LogP contribution in [0.1, 0.15) is 133 Å². The zero-order valence-electron chi connectivity index (χ0n) is 36.1. The number of carbonyl (C=O) groups is 5. The third-order valence-electron chi connectivity index (χ3n) is 16.5. The molecule has 1 aliphatic heterocycles. The average molecular weight is 805 g/mol. The third-order valence-corrected chi connectivity index (χ3v) is 16.5. The molecule has 1 heterocycles. The molecule has 0 aromatic heterocycles. The van der Waals surface area contributed by atoms with Crippen LogP contribution < -0.4 is 0 Å². The first-order valence-corrected chi connectivity index (χ1v) is 21.4. The van der Waals surface area contributed by atoms with Crippen molar-refractivity contribution < 1.29 is 52.4 Å². The molecule has 5 aliphatic carbocycles. The van der Waals surface area contributed by atoms with Gasteiger partial charge in [0.15, 0.2) is 6.10 Å². The summed E-state index contributed by atoms with van der Waals surface area (Å²) >= 11 is 0. The molecule has 318 valence electrons. The summed E-state index contributed by atoms with van der Waals surface area (Å²) in [4.78, 5) is 63.4. The number of rotatable bonds is 10. The van der Waals surface area contributed by atoms with Crippen LogP contribution in [0, 0.1) is 50.7 Å².